The Morgan fingerprint density at radius 1 is 1.44 bits per heavy atom. The Hall–Kier alpha value is -0.540. The summed E-state index contributed by atoms with van der Waals surface area (Å²) >= 11 is 3.67. The Balaban J connectivity index is 2.14. The van der Waals surface area contributed by atoms with Crippen molar-refractivity contribution >= 4 is 21.6 Å². The molecule has 88 valence electrons. The minimum absolute atomic E-state index is 0.742. The predicted molar refractivity (Wildman–Crippen MR) is 72.9 cm³/mol. The number of nitrogens with one attached hydrogen (secondary N) is 1. The molecule has 16 heavy (non-hydrogen) atoms. The van der Waals surface area contributed by atoms with Crippen LogP contribution in [-0.2, 0) is 6.54 Å². The van der Waals surface area contributed by atoms with Gasteiger partial charge < -0.3 is 10.2 Å². The summed E-state index contributed by atoms with van der Waals surface area (Å²) in [5, 5.41) is 3.17. The molecule has 0 bridgehead atoms. The summed E-state index contributed by atoms with van der Waals surface area (Å²) in [5.41, 5.74) is 2.63. The highest BCUT2D eigenvalue weighted by molar-refractivity contribution is 9.10. The summed E-state index contributed by atoms with van der Waals surface area (Å²) < 4.78 is 1.20. The number of benzene rings is 1. The van der Waals surface area contributed by atoms with E-state index in [4.69, 9.17) is 0 Å². The van der Waals surface area contributed by atoms with Gasteiger partial charge in [0.1, 0.15) is 0 Å². The van der Waals surface area contributed by atoms with Crippen LogP contribution < -0.4 is 10.2 Å². The van der Waals surface area contributed by atoms with Crippen molar-refractivity contribution in [2.24, 2.45) is 0 Å². The van der Waals surface area contributed by atoms with E-state index in [9.17, 15) is 0 Å². The number of rotatable bonds is 4. The molecule has 0 atom stereocenters. The summed E-state index contributed by atoms with van der Waals surface area (Å²) in [6.07, 6.45) is 4.05. The number of nitrogens with zero attached hydrogens (tertiary/aromatic N) is 1. The van der Waals surface area contributed by atoms with Crippen molar-refractivity contribution < 1.29 is 0 Å². The molecule has 1 aromatic carbocycles. The molecule has 1 aliphatic rings. The molecule has 0 radical (unpaired) electrons. The molecule has 0 aromatic heterocycles. The molecule has 1 aliphatic carbocycles. The monoisotopic (exact) mass is 282 g/mol. The minimum Gasteiger partial charge on any atom is -0.371 e. The van der Waals surface area contributed by atoms with Gasteiger partial charge in [-0.25, -0.2) is 0 Å². The first-order chi connectivity index (χ1) is 7.72. The Kier molecular flexibility index (Phi) is 3.87. The second-order valence-corrected chi connectivity index (χ2v) is 5.37. The van der Waals surface area contributed by atoms with Crippen molar-refractivity contribution in [3.8, 4) is 0 Å². The van der Waals surface area contributed by atoms with E-state index in [1.165, 1.54) is 35.0 Å². The number of hydrogen-bond donors (Lipinski definition) is 1. The van der Waals surface area contributed by atoms with Crippen LogP contribution in [-0.4, -0.2) is 20.1 Å². The van der Waals surface area contributed by atoms with Crippen LogP contribution in [0.1, 0.15) is 24.8 Å². The maximum atomic E-state index is 3.67. The zero-order valence-electron chi connectivity index (χ0n) is 9.96. The number of halogens is 1. The van der Waals surface area contributed by atoms with Crippen molar-refractivity contribution in [3.63, 3.8) is 0 Å². The van der Waals surface area contributed by atoms with Crippen LogP contribution in [0, 0.1) is 0 Å². The van der Waals surface area contributed by atoms with Gasteiger partial charge in [0, 0.05) is 24.1 Å². The molecular weight excluding hydrogens is 264 g/mol. The summed E-state index contributed by atoms with van der Waals surface area (Å²) in [4.78, 5) is 2.40. The standard InChI is InChI=1S/C13H19BrN2/c1-15-9-10-6-7-13(12(14)8-10)16(2)11-4-3-5-11/h6-8,11,15H,3-5,9H2,1-2H3. The van der Waals surface area contributed by atoms with Crippen LogP contribution in [0.4, 0.5) is 5.69 Å². The third-order valence-corrected chi connectivity index (χ3v) is 4.03. The van der Waals surface area contributed by atoms with Crippen molar-refractivity contribution in [3.05, 3.63) is 28.2 Å². The molecular formula is C13H19BrN2. The van der Waals surface area contributed by atoms with Crippen molar-refractivity contribution in [1.82, 2.24) is 5.32 Å². The van der Waals surface area contributed by atoms with Gasteiger partial charge in [0.2, 0.25) is 0 Å². The smallest absolute Gasteiger partial charge is 0.0510 e. The first-order valence-corrected chi connectivity index (χ1v) is 6.67. The molecule has 0 unspecified atom stereocenters. The van der Waals surface area contributed by atoms with E-state index >= 15 is 0 Å². The molecule has 1 N–H and O–H groups in total. The van der Waals surface area contributed by atoms with Gasteiger partial charge in [0.05, 0.1) is 5.69 Å². The third-order valence-electron chi connectivity index (χ3n) is 3.40. The Morgan fingerprint density at radius 2 is 2.19 bits per heavy atom. The zero-order chi connectivity index (χ0) is 11.5. The predicted octanol–water partition coefficient (Wildman–Crippen LogP) is 3.16. The highest BCUT2D eigenvalue weighted by atomic mass is 79.9. The van der Waals surface area contributed by atoms with E-state index < -0.39 is 0 Å². The lowest BCUT2D eigenvalue weighted by Crippen LogP contribution is -2.37. The van der Waals surface area contributed by atoms with Gasteiger partial charge >= 0.3 is 0 Å². The molecule has 1 fully saturated rings. The fourth-order valence-corrected chi connectivity index (χ4v) is 2.83. The fraction of sp³-hybridized carbons (Fsp3) is 0.538. The van der Waals surface area contributed by atoms with E-state index in [-0.39, 0.29) is 0 Å². The van der Waals surface area contributed by atoms with E-state index in [0.717, 1.165) is 12.6 Å². The van der Waals surface area contributed by atoms with Crippen molar-refractivity contribution in [2.45, 2.75) is 31.8 Å². The van der Waals surface area contributed by atoms with Crippen LogP contribution in [0.5, 0.6) is 0 Å². The van der Waals surface area contributed by atoms with Gasteiger partial charge in [0.25, 0.3) is 0 Å². The molecule has 0 heterocycles. The van der Waals surface area contributed by atoms with Crippen molar-refractivity contribution in [1.29, 1.82) is 0 Å². The van der Waals surface area contributed by atoms with Gasteiger partial charge in [-0.2, -0.15) is 0 Å². The molecule has 0 aliphatic heterocycles. The topological polar surface area (TPSA) is 15.3 Å². The van der Waals surface area contributed by atoms with Crippen LogP contribution in [0.15, 0.2) is 22.7 Å². The average molecular weight is 283 g/mol. The van der Waals surface area contributed by atoms with Gasteiger partial charge in [-0.3, -0.25) is 0 Å². The largest absolute Gasteiger partial charge is 0.371 e. The lowest BCUT2D eigenvalue weighted by Gasteiger charge is -2.37. The maximum Gasteiger partial charge on any atom is 0.0510 e. The first-order valence-electron chi connectivity index (χ1n) is 5.88. The number of anilines is 1. The second kappa shape index (κ2) is 5.19. The van der Waals surface area contributed by atoms with Gasteiger partial charge in [-0.05, 0) is 59.9 Å². The molecule has 3 heteroatoms. The molecule has 2 rings (SSSR count). The molecule has 0 spiro atoms. The van der Waals surface area contributed by atoms with Gasteiger partial charge in [-0.15, -0.1) is 0 Å². The van der Waals surface area contributed by atoms with Crippen LogP contribution in [0.3, 0.4) is 0 Å². The Bertz CT molecular complexity index is 361. The summed E-state index contributed by atoms with van der Waals surface area (Å²) in [6.45, 7) is 0.923. The van der Waals surface area contributed by atoms with Crippen LogP contribution >= 0.6 is 15.9 Å². The van der Waals surface area contributed by atoms with Gasteiger partial charge in [0.15, 0.2) is 0 Å². The lowest BCUT2D eigenvalue weighted by atomic mass is 9.91. The molecule has 1 aromatic rings. The minimum atomic E-state index is 0.742. The highest BCUT2D eigenvalue weighted by Gasteiger charge is 2.23. The molecule has 2 nitrogen and oxygen atoms in total. The highest BCUT2D eigenvalue weighted by Crippen LogP contribution is 2.33. The molecule has 0 amide bonds. The maximum absolute atomic E-state index is 3.67. The van der Waals surface area contributed by atoms with E-state index in [2.05, 4.69) is 51.4 Å². The normalized spacial score (nSPS) is 15.9. The molecule has 0 saturated heterocycles. The van der Waals surface area contributed by atoms with E-state index in [0.29, 0.717) is 0 Å². The quantitative estimate of drug-likeness (QED) is 0.913. The summed E-state index contributed by atoms with van der Waals surface area (Å²) in [6, 6.07) is 7.37. The first kappa shape index (κ1) is 11.9. The SMILES string of the molecule is CNCc1ccc(N(C)C2CCC2)c(Br)c1. The number of hydrogen-bond acceptors (Lipinski definition) is 2. The fourth-order valence-electron chi connectivity index (χ4n) is 2.12. The van der Waals surface area contributed by atoms with E-state index in [1.807, 2.05) is 7.05 Å². The second-order valence-electron chi connectivity index (χ2n) is 4.51. The van der Waals surface area contributed by atoms with E-state index in [1.54, 1.807) is 0 Å². The van der Waals surface area contributed by atoms with Gasteiger partial charge in [-0.1, -0.05) is 6.07 Å². The zero-order valence-corrected chi connectivity index (χ0v) is 11.5. The Morgan fingerprint density at radius 3 is 2.69 bits per heavy atom. The third kappa shape index (κ3) is 2.41. The molecule has 1 saturated carbocycles. The van der Waals surface area contributed by atoms with Crippen molar-refractivity contribution in [2.75, 3.05) is 19.0 Å². The average Bonchev–Trinajstić information content (AvgIpc) is 2.15. The lowest BCUT2D eigenvalue weighted by molar-refractivity contribution is 0.401. The summed E-state index contributed by atoms with van der Waals surface area (Å²) in [5.74, 6) is 0. The van der Waals surface area contributed by atoms with Crippen LogP contribution in [0.25, 0.3) is 0 Å². The summed E-state index contributed by atoms with van der Waals surface area (Å²) in [7, 11) is 4.17. The van der Waals surface area contributed by atoms with Crippen LogP contribution in [0.2, 0.25) is 0 Å². The Labute approximate surface area is 106 Å².